The maximum Gasteiger partial charge on any atom is 0.573 e. The van der Waals surface area contributed by atoms with Gasteiger partial charge in [-0.25, -0.2) is 9.37 Å². The van der Waals surface area contributed by atoms with Crippen molar-refractivity contribution < 1.29 is 27.1 Å². The highest BCUT2D eigenvalue weighted by molar-refractivity contribution is 5.92. The third-order valence-electron chi connectivity index (χ3n) is 4.01. The molecular weight excluding hydrogens is 370 g/mol. The first kappa shape index (κ1) is 18.9. The first-order valence-corrected chi connectivity index (χ1v) is 8.06. The number of nitrogens with one attached hydrogen (secondary N) is 2. The van der Waals surface area contributed by atoms with Gasteiger partial charge in [0.2, 0.25) is 0 Å². The second kappa shape index (κ2) is 7.01. The summed E-state index contributed by atoms with van der Waals surface area (Å²) in [5, 5.41) is 2.68. The van der Waals surface area contributed by atoms with Crippen LogP contribution in [-0.4, -0.2) is 22.2 Å². The van der Waals surface area contributed by atoms with Crippen molar-refractivity contribution in [2.75, 3.05) is 0 Å². The Bertz CT molecular complexity index is 922. The predicted octanol–water partition coefficient (Wildman–Crippen LogP) is 3.00. The molecule has 27 heavy (non-hydrogen) atoms. The topological polar surface area (TPSA) is 84.1 Å². The molecule has 1 aliphatic rings. The van der Waals surface area contributed by atoms with Gasteiger partial charge in [0.25, 0.3) is 11.5 Å². The van der Waals surface area contributed by atoms with Crippen LogP contribution >= 0.6 is 0 Å². The molecule has 144 valence electrons. The molecule has 10 heteroatoms. The smallest absolute Gasteiger partial charge is 0.403 e. The monoisotopic (exact) mass is 385 g/mol. The number of ether oxygens (including phenoxy) is 1. The highest BCUT2D eigenvalue weighted by Gasteiger charge is 2.36. The summed E-state index contributed by atoms with van der Waals surface area (Å²) < 4.78 is 54.4. The SMILES string of the molecule is Cc1nc(C(=O)N[C@@H](c2ccc(OC(F)(F)F)c(F)c2)C2CC2)cc(=O)[nH]1. The van der Waals surface area contributed by atoms with Crippen LogP contribution in [0.3, 0.4) is 0 Å². The summed E-state index contributed by atoms with van der Waals surface area (Å²) in [6, 6.07) is 3.46. The average molecular weight is 385 g/mol. The van der Waals surface area contributed by atoms with E-state index >= 15 is 0 Å². The number of benzene rings is 1. The number of H-pyrrole nitrogens is 1. The highest BCUT2D eigenvalue weighted by atomic mass is 19.4. The number of aryl methyl sites for hydroxylation is 1. The summed E-state index contributed by atoms with van der Waals surface area (Å²) in [4.78, 5) is 30.3. The Morgan fingerprint density at radius 3 is 2.59 bits per heavy atom. The maximum atomic E-state index is 14.0. The van der Waals surface area contributed by atoms with Crippen LogP contribution in [0.1, 0.15) is 40.8 Å². The zero-order valence-electron chi connectivity index (χ0n) is 14.1. The second-order valence-corrected chi connectivity index (χ2v) is 6.24. The van der Waals surface area contributed by atoms with E-state index < -0.39 is 35.4 Å². The molecule has 2 N–H and O–H groups in total. The summed E-state index contributed by atoms with van der Waals surface area (Å²) in [5.74, 6) is -2.48. The fourth-order valence-electron chi connectivity index (χ4n) is 2.73. The van der Waals surface area contributed by atoms with Gasteiger partial charge in [0.1, 0.15) is 11.5 Å². The van der Waals surface area contributed by atoms with Crippen LogP contribution in [0.5, 0.6) is 5.75 Å². The quantitative estimate of drug-likeness (QED) is 0.775. The zero-order valence-corrected chi connectivity index (χ0v) is 14.1. The molecule has 1 saturated carbocycles. The minimum absolute atomic E-state index is 0.0193. The van der Waals surface area contributed by atoms with Crippen molar-refractivity contribution in [1.29, 1.82) is 0 Å². The first-order chi connectivity index (χ1) is 12.6. The van der Waals surface area contributed by atoms with Gasteiger partial charge in [0.15, 0.2) is 11.6 Å². The Kier molecular flexibility index (Phi) is 4.90. The largest absolute Gasteiger partial charge is 0.573 e. The zero-order chi connectivity index (χ0) is 19.8. The fourth-order valence-corrected chi connectivity index (χ4v) is 2.73. The van der Waals surface area contributed by atoms with Crippen LogP contribution in [0.2, 0.25) is 0 Å². The molecule has 0 bridgehead atoms. The predicted molar refractivity (Wildman–Crippen MR) is 85.6 cm³/mol. The van der Waals surface area contributed by atoms with Gasteiger partial charge in [0.05, 0.1) is 6.04 Å². The molecule has 1 atom stereocenters. The fraction of sp³-hybridized carbons (Fsp3) is 0.353. The van der Waals surface area contributed by atoms with E-state index in [1.807, 2.05) is 0 Å². The molecule has 1 aromatic heterocycles. The van der Waals surface area contributed by atoms with Crippen molar-refractivity contribution >= 4 is 5.91 Å². The Morgan fingerprint density at radius 1 is 1.33 bits per heavy atom. The Balaban J connectivity index is 1.83. The van der Waals surface area contributed by atoms with Crippen LogP contribution in [0, 0.1) is 18.7 Å². The lowest BCUT2D eigenvalue weighted by Gasteiger charge is -2.19. The highest BCUT2D eigenvalue weighted by Crippen LogP contribution is 2.42. The molecule has 0 unspecified atom stereocenters. The molecule has 1 aromatic carbocycles. The number of alkyl halides is 3. The van der Waals surface area contributed by atoms with E-state index in [0.29, 0.717) is 5.56 Å². The van der Waals surface area contributed by atoms with E-state index in [2.05, 4.69) is 20.0 Å². The number of nitrogens with zero attached hydrogens (tertiary/aromatic N) is 1. The third kappa shape index (κ3) is 4.83. The molecule has 3 rings (SSSR count). The average Bonchev–Trinajstić information content (AvgIpc) is 3.37. The number of halogens is 4. The lowest BCUT2D eigenvalue weighted by molar-refractivity contribution is -0.275. The van der Waals surface area contributed by atoms with Crippen LogP contribution in [0.25, 0.3) is 0 Å². The van der Waals surface area contributed by atoms with E-state index in [1.165, 1.54) is 13.0 Å². The molecule has 1 heterocycles. The molecule has 0 aliphatic heterocycles. The van der Waals surface area contributed by atoms with Gasteiger partial charge in [0, 0.05) is 6.07 Å². The number of hydrogen-bond donors (Lipinski definition) is 2. The van der Waals surface area contributed by atoms with E-state index in [1.54, 1.807) is 0 Å². The van der Waals surface area contributed by atoms with E-state index in [-0.39, 0.29) is 17.4 Å². The third-order valence-corrected chi connectivity index (χ3v) is 4.01. The summed E-state index contributed by atoms with van der Waals surface area (Å²) in [6.07, 6.45) is -3.46. The van der Waals surface area contributed by atoms with Gasteiger partial charge in [-0.1, -0.05) is 6.07 Å². The van der Waals surface area contributed by atoms with Crippen molar-refractivity contribution in [3.8, 4) is 5.75 Å². The number of carbonyl (C=O) groups is 1. The second-order valence-electron chi connectivity index (χ2n) is 6.24. The van der Waals surface area contributed by atoms with Crippen molar-refractivity contribution in [2.24, 2.45) is 5.92 Å². The van der Waals surface area contributed by atoms with Crippen molar-refractivity contribution in [3.05, 3.63) is 57.5 Å². The van der Waals surface area contributed by atoms with Crippen LogP contribution < -0.4 is 15.6 Å². The maximum absolute atomic E-state index is 14.0. The number of hydrogen-bond acceptors (Lipinski definition) is 4. The lowest BCUT2D eigenvalue weighted by atomic mass is 10.0. The molecular formula is C17H15F4N3O3. The Hall–Kier alpha value is -2.91. The summed E-state index contributed by atoms with van der Waals surface area (Å²) in [6.45, 7) is 1.52. The summed E-state index contributed by atoms with van der Waals surface area (Å²) in [5.41, 5.74) is -0.283. The molecule has 0 spiro atoms. The molecule has 1 fully saturated rings. The Morgan fingerprint density at radius 2 is 2.04 bits per heavy atom. The number of carbonyl (C=O) groups excluding carboxylic acids is 1. The molecule has 2 aromatic rings. The van der Waals surface area contributed by atoms with Gasteiger partial charge in [-0.15, -0.1) is 13.2 Å². The van der Waals surface area contributed by atoms with Crippen LogP contribution in [-0.2, 0) is 0 Å². The van der Waals surface area contributed by atoms with Crippen LogP contribution in [0.15, 0.2) is 29.1 Å². The van der Waals surface area contributed by atoms with Gasteiger partial charge < -0.3 is 15.0 Å². The van der Waals surface area contributed by atoms with E-state index in [9.17, 15) is 27.2 Å². The van der Waals surface area contributed by atoms with E-state index in [4.69, 9.17) is 0 Å². The van der Waals surface area contributed by atoms with E-state index in [0.717, 1.165) is 31.0 Å². The number of rotatable bonds is 5. The molecule has 1 amide bonds. The number of amides is 1. The van der Waals surface area contributed by atoms with Crippen molar-refractivity contribution in [1.82, 2.24) is 15.3 Å². The van der Waals surface area contributed by atoms with Gasteiger partial charge in [-0.3, -0.25) is 9.59 Å². The molecule has 0 radical (unpaired) electrons. The van der Waals surface area contributed by atoms with Gasteiger partial charge >= 0.3 is 6.36 Å². The van der Waals surface area contributed by atoms with Crippen molar-refractivity contribution in [3.63, 3.8) is 0 Å². The summed E-state index contributed by atoms with van der Waals surface area (Å²) in [7, 11) is 0. The molecule has 0 saturated heterocycles. The summed E-state index contributed by atoms with van der Waals surface area (Å²) >= 11 is 0. The van der Waals surface area contributed by atoms with Crippen LogP contribution in [0.4, 0.5) is 17.6 Å². The first-order valence-electron chi connectivity index (χ1n) is 8.06. The normalized spacial score (nSPS) is 15.3. The van der Waals surface area contributed by atoms with Gasteiger partial charge in [-0.05, 0) is 43.4 Å². The van der Waals surface area contributed by atoms with Gasteiger partial charge in [-0.2, -0.15) is 0 Å². The lowest BCUT2D eigenvalue weighted by Crippen LogP contribution is -2.32. The Labute approximate surface area is 150 Å². The molecule has 6 nitrogen and oxygen atoms in total. The minimum atomic E-state index is -5.00. The number of aromatic amines is 1. The minimum Gasteiger partial charge on any atom is -0.403 e. The van der Waals surface area contributed by atoms with Crippen molar-refractivity contribution in [2.45, 2.75) is 32.2 Å². The standard InChI is InChI=1S/C17H15F4N3O3/c1-8-22-12(7-14(25)23-8)16(26)24-15(9-2-3-9)10-4-5-13(11(18)6-10)27-17(19,20)21/h4-7,9,15H,2-3H2,1H3,(H,24,26)(H,22,23,25)/t15-/m1/s1. The molecule has 1 aliphatic carbocycles. The number of aromatic nitrogens is 2.